The third-order valence-corrected chi connectivity index (χ3v) is 5.01. The van der Waals surface area contributed by atoms with Crippen LogP contribution in [-0.2, 0) is 6.42 Å². The van der Waals surface area contributed by atoms with Gasteiger partial charge in [-0.2, -0.15) is 0 Å². The summed E-state index contributed by atoms with van der Waals surface area (Å²) in [5, 5.41) is 5.91. The van der Waals surface area contributed by atoms with Gasteiger partial charge in [0.15, 0.2) is 0 Å². The van der Waals surface area contributed by atoms with E-state index >= 15 is 0 Å². The minimum absolute atomic E-state index is 0.377. The van der Waals surface area contributed by atoms with Crippen molar-refractivity contribution in [2.45, 2.75) is 25.8 Å². The number of thiophene rings is 1. The van der Waals surface area contributed by atoms with Crippen LogP contribution in [0.5, 0.6) is 5.75 Å². The van der Waals surface area contributed by atoms with Crippen molar-refractivity contribution >= 4 is 33.9 Å². The number of methoxy groups -OCH3 is 1. The summed E-state index contributed by atoms with van der Waals surface area (Å²) in [5.41, 5.74) is 2.69. The summed E-state index contributed by atoms with van der Waals surface area (Å²) in [6, 6.07) is 11.0. The first kappa shape index (κ1) is 15.8. The normalized spacial score (nSPS) is 12.3. The molecule has 1 heterocycles. The highest BCUT2D eigenvalue weighted by Crippen LogP contribution is 2.26. The standard InChI is InChI=1S/C16H20INOS/c1-3-7-18-15(13-10-16(17)20-11-13)9-12-5-4-6-14(8-12)19-2/h4-6,8,10-11,15,18H,3,7,9H2,1-2H3. The highest BCUT2D eigenvalue weighted by molar-refractivity contribution is 14.1. The molecule has 0 fully saturated rings. The van der Waals surface area contributed by atoms with Gasteiger partial charge in [0.25, 0.3) is 0 Å². The van der Waals surface area contributed by atoms with Crippen LogP contribution in [0, 0.1) is 2.88 Å². The fourth-order valence-corrected chi connectivity index (χ4v) is 3.59. The summed E-state index contributed by atoms with van der Waals surface area (Å²) in [6.07, 6.45) is 2.14. The lowest BCUT2D eigenvalue weighted by atomic mass is 10.0. The highest BCUT2D eigenvalue weighted by atomic mass is 127. The monoisotopic (exact) mass is 401 g/mol. The van der Waals surface area contributed by atoms with Crippen LogP contribution < -0.4 is 10.1 Å². The predicted molar refractivity (Wildman–Crippen MR) is 94.8 cm³/mol. The van der Waals surface area contributed by atoms with Crippen LogP contribution in [-0.4, -0.2) is 13.7 Å². The molecule has 20 heavy (non-hydrogen) atoms. The van der Waals surface area contributed by atoms with Crippen molar-refractivity contribution in [3.8, 4) is 5.75 Å². The Labute approximate surface area is 138 Å². The van der Waals surface area contributed by atoms with Gasteiger partial charge in [0.05, 0.1) is 9.99 Å². The quantitative estimate of drug-likeness (QED) is 0.683. The van der Waals surface area contributed by atoms with E-state index in [2.05, 4.69) is 64.5 Å². The van der Waals surface area contributed by atoms with Crippen LogP contribution in [0.4, 0.5) is 0 Å². The number of nitrogens with one attached hydrogen (secondary N) is 1. The zero-order chi connectivity index (χ0) is 14.4. The minimum Gasteiger partial charge on any atom is -0.497 e. The first-order chi connectivity index (χ1) is 9.72. The first-order valence-electron chi connectivity index (χ1n) is 6.83. The number of rotatable bonds is 7. The Bertz CT molecular complexity index is 541. The van der Waals surface area contributed by atoms with E-state index < -0.39 is 0 Å². The van der Waals surface area contributed by atoms with Crippen molar-refractivity contribution in [2.24, 2.45) is 0 Å². The molecule has 0 saturated heterocycles. The van der Waals surface area contributed by atoms with E-state index in [-0.39, 0.29) is 0 Å². The van der Waals surface area contributed by atoms with E-state index in [0.29, 0.717) is 6.04 Å². The van der Waals surface area contributed by atoms with Crippen molar-refractivity contribution < 1.29 is 4.74 Å². The van der Waals surface area contributed by atoms with E-state index in [1.54, 1.807) is 18.4 Å². The number of hydrogen-bond donors (Lipinski definition) is 1. The first-order valence-corrected chi connectivity index (χ1v) is 8.79. The highest BCUT2D eigenvalue weighted by Gasteiger charge is 2.13. The lowest BCUT2D eigenvalue weighted by Gasteiger charge is -2.18. The zero-order valence-corrected chi connectivity index (χ0v) is 14.8. The van der Waals surface area contributed by atoms with Crippen LogP contribution in [0.15, 0.2) is 35.7 Å². The second-order valence-electron chi connectivity index (χ2n) is 4.75. The third kappa shape index (κ3) is 4.46. The van der Waals surface area contributed by atoms with Gasteiger partial charge in [-0.05, 0) is 76.7 Å². The maximum atomic E-state index is 5.31. The van der Waals surface area contributed by atoms with Crippen LogP contribution in [0.1, 0.15) is 30.5 Å². The van der Waals surface area contributed by atoms with Crippen LogP contribution in [0.2, 0.25) is 0 Å². The molecule has 108 valence electrons. The summed E-state index contributed by atoms with van der Waals surface area (Å²) >= 11 is 4.19. The zero-order valence-electron chi connectivity index (χ0n) is 11.9. The predicted octanol–water partition coefficient (Wildman–Crippen LogP) is 4.64. The van der Waals surface area contributed by atoms with Gasteiger partial charge in [-0.3, -0.25) is 0 Å². The Kier molecular flexibility index (Phi) is 6.32. The summed E-state index contributed by atoms with van der Waals surface area (Å²) in [5.74, 6) is 0.927. The lowest BCUT2D eigenvalue weighted by molar-refractivity contribution is 0.413. The van der Waals surface area contributed by atoms with E-state index in [4.69, 9.17) is 4.74 Å². The molecule has 0 amide bonds. The molecule has 1 aromatic carbocycles. The van der Waals surface area contributed by atoms with Gasteiger partial charge < -0.3 is 10.1 Å². The second kappa shape index (κ2) is 8.00. The Morgan fingerprint density at radius 2 is 2.20 bits per heavy atom. The summed E-state index contributed by atoms with van der Waals surface area (Å²) in [4.78, 5) is 0. The lowest BCUT2D eigenvalue weighted by Crippen LogP contribution is -2.23. The molecular formula is C16H20INOS. The van der Waals surface area contributed by atoms with Gasteiger partial charge in [0.1, 0.15) is 5.75 Å². The smallest absolute Gasteiger partial charge is 0.119 e. The molecule has 0 saturated carbocycles. The molecule has 0 aliphatic heterocycles. The SMILES string of the molecule is CCCNC(Cc1cccc(OC)c1)c1csc(I)c1. The third-order valence-electron chi connectivity index (χ3n) is 3.20. The van der Waals surface area contributed by atoms with Gasteiger partial charge in [-0.1, -0.05) is 19.1 Å². The van der Waals surface area contributed by atoms with Crippen LogP contribution in [0.25, 0.3) is 0 Å². The molecule has 2 nitrogen and oxygen atoms in total. The molecule has 4 heteroatoms. The van der Waals surface area contributed by atoms with E-state index in [1.807, 2.05) is 6.07 Å². The van der Waals surface area contributed by atoms with Crippen molar-refractivity contribution in [1.29, 1.82) is 0 Å². The Balaban J connectivity index is 2.14. The molecule has 0 aliphatic rings. The summed E-state index contributed by atoms with van der Waals surface area (Å²) in [7, 11) is 1.72. The molecule has 1 N–H and O–H groups in total. The molecule has 0 spiro atoms. The fourth-order valence-electron chi connectivity index (χ4n) is 2.17. The molecule has 0 bridgehead atoms. The molecule has 2 aromatic rings. The number of hydrogen-bond acceptors (Lipinski definition) is 3. The Morgan fingerprint density at radius 1 is 1.35 bits per heavy atom. The van der Waals surface area contributed by atoms with Crippen LogP contribution in [0.3, 0.4) is 0 Å². The van der Waals surface area contributed by atoms with Gasteiger partial charge in [0, 0.05) is 6.04 Å². The van der Waals surface area contributed by atoms with Gasteiger partial charge in [0.2, 0.25) is 0 Å². The molecule has 2 rings (SSSR count). The number of benzene rings is 1. The molecule has 1 unspecified atom stereocenters. The summed E-state index contributed by atoms with van der Waals surface area (Å²) in [6.45, 7) is 3.24. The van der Waals surface area contributed by atoms with E-state index in [0.717, 1.165) is 25.1 Å². The number of ether oxygens (including phenoxy) is 1. The Morgan fingerprint density at radius 3 is 2.85 bits per heavy atom. The van der Waals surface area contributed by atoms with Crippen molar-refractivity contribution in [2.75, 3.05) is 13.7 Å². The topological polar surface area (TPSA) is 21.3 Å². The maximum absolute atomic E-state index is 5.31. The van der Waals surface area contributed by atoms with Gasteiger partial charge in [-0.25, -0.2) is 0 Å². The molecule has 0 radical (unpaired) electrons. The molecule has 1 atom stereocenters. The molecular weight excluding hydrogens is 381 g/mol. The fraction of sp³-hybridized carbons (Fsp3) is 0.375. The molecule has 0 aliphatic carbocycles. The van der Waals surface area contributed by atoms with Gasteiger partial charge in [-0.15, -0.1) is 11.3 Å². The van der Waals surface area contributed by atoms with Crippen molar-refractivity contribution in [3.05, 3.63) is 49.7 Å². The van der Waals surface area contributed by atoms with Crippen molar-refractivity contribution in [3.63, 3.8) is 0 Å². The Hall–Kier alpha value is -0.590. The summed E-state index contributed by atoms with van der Waals surface area (Å²) < 4.78 is 6.65. The maximum Gasteiger partial charge on any atom is 0.119 e. The average Bonchev–Trinajstić information content (AvgIpc) is 2.90. The second-order valence-corrected chi connectivity index (χ2v) is 7.55. The largest absolute Gasteiger partial charge is 0.497 e. The minimum atomic E-state index is 0.377. The average molecular weight is 401 g/mol. The van der Waals surface area contributed by atoms with Gasteiger partial charge >= 0.3 is 0 Å². The van der Waals surface area contributed by atoms with Crippen molar-refractivity contribution in [1.82, 2.24) is 5.32 Å². The van der Waals surface area contributed by atoms with Crippen LogP contribution >= 0.6 is 33.9 Å². The van der Waals surface area contributed by atoms with E-state index in [1.165, 1.54) is 14.0 Å². The van der Waals surface area contributed by atoms with E-state index in [9.17, 15) is 0 Å². The molecule has 1 aromatic heterocycles. The number of halogens is 1.